The lowest BCUT2D eigenvalue weighted by molar-refractivity contribution is -0.146. The second-order valence-corrected chi connectivity index (χ2v) is 4.80. The number of carboxylic acid groups (broad SMARTS) is 2. The molecule has 0 aromatic heterocycles. The molecule has 0 radical (unpaired) electrons. The molecule has 20 heavy (non-hydrogen) atoms. The first-order chi connectivity index (χ1) is 9.38. The third-order valence-corrected chi connectivity index (χ3v) is 2.76. The van der Waals surface area contributed by atoms with Crippen LogP contribution in [0.25, 0.3) is 6.08 Å². The summed E-state index contributed by atoms with van der Waals surface area (Å²) in [6.45, 7) is 0. The van der Waals surface area contributed by atoms with E-state index in [0.29, 0.717) is 0 Å². The van der Waals surface area contributed by atoms with Gasteiger partial charge in [0.05, 0.1) is 6.42 Å². The number of halogens is 1. The second kappa shape index (κ2) is 7.44. The third kappa shape index (κ3) is 5.66. The summed E-state index contributed by atoms with van der Waals surface area (Å²) in [5.41, 5.74) is 0.750. The highest BCUT2D eigenvalue weighted by Gasteiger charge is 2.21. The summed E-state index contributed by atoms with van der Waals surface area (Å²) in [5, 5.41) is 19.4. The van der Waals surface area contributed by atoms with Crippen LogP contribution in [-0.4, -0.2) is 34.1 Å². The first-order valence-corrected chi connectivity index (χ1v) is 6.36. The average Bonchev–Trinajstić information content (AvgIpc) is 2.35. The van der Waals surface area contributed by atoms with Gasteiger partial charge in [0.15, 0.2) is 0 Å². The van der Waals surface area contributed by atoms with Gasteiger partial charge in [-0.15, -0.1) is 0 Å². The summed E-state index contributed by atoms with van der Waals surface area (Å²) >= 11 is 3.28. The van der Waals surface area contributed by atoms with Gasteiger partial charge in [0.2, 0.25) is 5.91 Å². The number of amides is 1. The number of hydrogen-bond acceptors (Lipinski definition) is 3. The van der Waals surface area contributed by atoms with Crippen LogP contribution in [0.5, 0.6) is 0 Å². The number of aliphatic carboxylic acids is 2. The molecule has 1 atom stereocenters. The molecule has 7 heteroatoms. The van der Waals surface area contributed by atoms with Gasteiger partial charge in [0, 0.05) is 10.5 Å². The molecule has 1 aromatic carbocycles. The van der Waals surface area contributed by atoms with Crippen LogP contribution in [0.4, 0.5) is 0 Å². The van der Waals surface area contributed by atoms with Gasteiger partial charge in [0.25, 0.3) is 0 Å². The smallest absolute Gasteiger partial charge is 0.326 e. The van der Waals surface area contributed by atoms with Crippen molar-refractivity contribution in [2.45, 2.75) is 12.5 Å². The molecule has 1 amide bonds. The molecule has 3 N–H and O–H groups in total. The quantitative estimate of drug-likeness (QED) is 0.680. The van der Waals surface area contributed by atoms with Crippen LogP contribution in [-0.2, 0) is 14.4 Å². The Morgan fingerprint density at radius 2 is 2.00 bits per heavy atom. The maximum atomic E-state index is 11.5. The van der Waals surface area contributed by atoms with E-state index < -0.39 is 30.3 Å². The summed E-state index contributed by atoms with van der Waals surface area (Å²) in [4.78, 5) is 32.8. The number of benzene rings is 1. The van der Waals surface area contributed by atoms with Crippen LogP contribution in [0.15, 0.2) is 34.8 Å². The van der Waals surface area contributed by atoms with E-state index in [2.05, 4.69) is 21.2 Å². The highest BCUT2D eigenvalue weighted by Crippen LogP contribution is 2.12. The van der Waals surface area contributed by atoms with Gasteiger partial charge in [-0.3, -0.25) is 9.59 Å². The number of hydrogen-bond donors (Lipinski definition) is 3. The molecule has 0 aliphatic rings. The number of nitrogens with one attached hydrogen (secondary N) is 1. The number of carbonyl (C=O) groups excluding carboxylic acids is 1. The molecule has 1 aromatic rings. The van der Waals surface area contributed by atoms with Crippen LogP contribution < -0.4 is 5.32 Å². The molecule has 0 saturated heterocycles. The first kappa shape index (κ1) is 15.9. The normalized spacial score (nSPS) is 12.1. The zero-order valence-corrected chi connectivity index (χ0v) is 11.8. The van der Waals surface area contributed by atoms with Gasteiger partial charge >= 0.3 is 11.9 Å². The van der Waals surface area contributed by atoms with Crippen molar-refractivity contribution in [2.75, 3.05) is 0 Å². The number of carboxylic acids is 2. The minimum absolute atomic E-state index is 0.668. The predicted octanol–water partition coefficient (Wildman–Crippen LogP) is 1.51. The van der Waals surface area contributed by atoms with Crippen molar-refractivity contribution in [3.05, 3.63) is 40.4 Å². The van der Waals surface area contributed by atoms with Crippen molar-refractivity contribution < 1.29 is 24.6 Å². The number of rotatable bonds is 6. The zero-order chi connectivity index (χ0) is 15.1. The summed E-state index contributed by atoms with van der Waals surface area (Å²) in [7, 11) is 0. The Kier molecular flexibility index (Phi) is 5.92. The van der Waals surface area contributed by atoms with Gasteiger partial charge in [0.1, 0.15) is 6.04 Å². The lowest BCUT2D eigenvalue weighted by Gasteiger charge is -2.10. The summed E-state index contributed by atoms with van der Waals surface area (Å²) < 4.78 is 0.842. The Bertz CT molecular complexity index is 555. The first-order valence-electron chi connectivity index (χ1n) is 5.57. The predicted molar refractivity (Wildman–Crippen MR) is 75.0 cm³/mol. The van der Waals surface area contributed by atoms with Crippen molar-refractivity contribution >= 4 is 39.9 Å². The lowest BCUT2D eigenvalue weighted by Crippen LogP contribution is -2.41. The second-order valence-electron chi connectivity index (χ2n) is 3.89. The average molecular weight is 342 g/mol. The Balaban J connectivity index is 2.66. The monoisotopic (exact) mass is 341 g/mol. The van der Waals surface area contributed by atoms with Crippen molar-refractivity contribution in [1.82, 2.24) is 5.32 Å². The highest BCUT2D eigenvalue weighted by molar-refractivity contribution is 9.10. The van der Waals surface area contributed by atoms with Crippen LogP contribution in [0.1, 0.15) is 12.0 Å². The van der Waals surface area contributed by atoms with Crippen molar-refractivity contribution in [2.24, 2.45) is 0 Å². The fraction of sp³-hybridized carbons (Fsp3) is 0.154. The highest BCUT2D eigenvalue weighted by atomic mass is 79.9. The van der Waals surface area contributed by atoms with E-state index in [0.717, 1.165) is 16.1 Å². The third-order valence-electron chi connectivity index (χ3n) is 2.27. The van der Waals surface area contributed by atoms with Crippen LogP contribution >= 0.6 is 15.9 Å². The molecule has 0 bridgehead atoms. The Morgan fingerprint density at radius 1 is 1.30 bits per heavy atom. The van der Waals surface area contributed by atoms with Crippen LogP contribution in [0.2, 0.25) is 0 Å². The van der Waals surface area contributed by atoms with E-state index in [1.165, 1.54) is 6.08 Å². The fourth-order valence-corrected chi connectivity index (χ4v) is 1.79. The van der Waals surface area contributed by atoms with Gasteiger partial charge in [-0.1, -0.05) is 28.1 Å². The SMILES string of the molecule is O=C(O)C[C@H](NC(=O)/C=C/c1cccc(Br)c1)C(=O)O. The maximum absolute atomic E-state index is 11.5. The van der Waals surface area contributed by atoms with E-state index in [1.807, 2.05) is 6.07 Å². The van der Waals surface area contributed by atoms with Gasteiger partial charge < -0.3 is 15.5 Å². The molecule has 0 aliphatic heterocycles. The number of carbonyl (C=O) groups is 3. The van der Waals surface area contributed by atoms with Gasteiger partial charge in [-0.25, -0.2) is 4.79 Å². The minimum atomic E-state index is -1.45. The summed E-state index contributed by atoms with van der Waals surface area (Å²) in [6, 6.07) is 5.69. The van der Waals surface area contributed by atoms with E-state index >= 15 is 0 Å². The fourth-order valence-electron chi connectivity index (χ4n) is 1.38. The van der Waals surface area contributed by atoms with E-state index in [-0.39, 0.29) is 0 Å². The molecule has 0 fully saturated rings. The Labute approximate surface area is 123 Å². The molecule has 106 valence electrons. The minimum Gasteiger partial charge on any atom is -0.481 e. The van der Waals surface area contributed by atoms with E-state index in [4.69, 9.17) is 10.2 Å². The Hall–Kier alpha value is -2.15. The van der Waals surface area contributed by atoms with E-state index in [1.54, 1.807) is 18.2 Å². The lowest BCUT2D eigenvalue weighted by atomic mass is 10.2. The molecule has 1 rings (SSSR count). The molecule has 6 nitrogen and oxygen atoms in total. The molecule has 0 saturated carbocycles. The molecule has 0 aliphatic carbocycles. The van der Waals surface area contributed by atoms with Crippen molar-refractivity contribution in [3.63, 3.8) is 0 Å². The maximum Gasteiger partial charge on any atom is 0.326 e. The zero-order valence-electron chi connectivity index (χ0n) is 10.2. The summed E-state index contributed by atoms with van der Waals surface area (Å²) in [5.74, 6) is -3.36. The standard InChI is InChI=1S/C13H12BrNO5/c14-9-3-1-2-8(6-9)4-5-11(16)15-10(13(19)20)7-12(17)18/h1-6,10H,7H2,(H,15,16)(H,17,18)(H,19,20)/b5-4+/t10-/m0/s1. The molecule has 0 heterocycles. The van der Waals surface area contributed by atoms with Crippen LogP contribution in [0, 0.1) is 0 Å². The topological polar surface area (TPSA) is 104 Å². The molecule has 0 unspecified atom stereocenters. The molecule has 0 spiro atoms. The molecular formula is C13H12BrNO5. The largest absolute Gasteiger partial charge is 0.481 e. The molecular weight excluding hydrogens is 330 g/mol. The Morgan fingerprint density at radius 3 is 2.55 bits per heavy atom. The van der Waals surface area contributed by atoms with Crippen molar-refractivity contribution in [3.8, 4) is 0 Å². The summed E-state index contributed by atoms with van der Waals surface area (Å²) in [6.07, 6.45) is 1.98. The van der Waals surface area contributed by atoms with Crippen LogP contribution in [0.3, 0.4) is 0 Å². The van der Waals surface area contributed by atoms with E-state index in [9.17, 15) is 14.4 Å². The van der Waals surface area contributed by atoms with Gasteiger partial charge in [-0.2, -0.15) is 0 Å². The van der Waals surface area contributed by atoms with Crippen molar-refractivity contribution in [1.29, 1.82) is 0 Å². The van der Waals surface area contributed by atoms with Gasteiger partial charge in [-0.05, 0) is 23.8 Å².